The quantitative estimate of drug-likeness (QED) is 0.215. The second kappa shape index (κ2) is 6.66. The molecular formula is C9H12N2O3. The number of hydrogen-bond donors (Lipinski definition) is 0. The molecule has 14 heavy (non-hydrogen) atoms. The first-order chi connectivity index (χ1) is 6.67. The maximum Gasteiger partial charge on any atom is 0.457 e. The average molecular weight is 196 g/mol. The molecule has 0 heterocycles. The zero-order chi connectivity index (χ0) is 11.0. The number of carbonyl (C=O) groups is 1. The minimum absolute atomic E-state index is 0.0850. The molecule has 0 radical (unpaired) electrons. The summed E-state index contributed by atoms with van der Waals surface area (Å²) in [5.41, 5.74) is -0.561. The van der Waals surface area contributed by atoms with Crippen LogP contribution in [0.15, 0.2) is 24.1 Å². The van der Waals surface area contributed by atoms with Crippen LogP contribution >= 0.6 is 0 Å². The van der Waals surface area contributed by atoms with Crippen molar-refractivity contribution in [3.63, 3.8) is 0 Å². The second-order valence-corrected chi connectivity index (χ2v) is 2.42. The molecule has 0 aromatic heterocycles. The number of esters is 1. The van der Waals surface area contributed by atoms with Crippen LogP contribution in [0.3, 0.4) is 0 Å². The van der Waals surface area contributed by atoms with Crippen molar-refractivity contribution in [3.05, 3.63) is 29.1 Å². The van der Waals surface area contributed by atoms with E-state index in [-0.39, 0.29) is 13.0 Å². The van der Waals surface area contributed by atoms with Crippen LogP contribution in [0, 0.1) is 5.39 Å². The van der Waals surface area contributed by atoms with Gasteiger partial charge in [0.1, 0.15) is 0 Å². The third kappa shape index (κ3) is 3.72. The van der Waals surface area contributed by atoms with Gasteiger partial charge in [-0.05, 0) is 25.5 Å². The van der Waals surface area contributed by atoms with E-state index in [1.165, 1.54) is 6.08 Å². The Hall–Kier alpha value is -1.83. The van der Waals surface area contributed by atoms with Gasteiger partial charge < -0.3 is 9.84 Å². The summed E-state index contributed by atoms with van der Waals surface area (Å²) in [6, 6.07) is 0. The molecule has 0 saturated heterocycles. The summed E-state index contributed by atoms with van der Waals surface area (Å²) >= 11 is 0. The van der Waals surface area contributed by atoms with Crippen molar-refractivity contribution in [1.29, 1.82) is 5.39 Å². The summed E-state index contributed by atoms with van der Waals surface area (Å²) in [5.74, 6) is -1.45. The number of carbonyl (C=O) groups excluding carboxylic acids is 1. The average Bonchev–Trinajstić information content (AvgIpc) is 2.16. The molecule has 0 amide bonds. The van der Waals surface area contributed by atoms with E-state index in [1.54, 1.807) is 6.92 Å². The lowest BCUT2D eigenvalue weighted by Gasteiger charge is -2.05. The molecule has 0 unspecified atom stereocenters. The molecule has 0 aromatic carbocycles. The Kier molecular flexibility index (Phi) is 5.79. The van der Waals surface area contributed by atoms with E-state index in [0.717, 1.165) is 0 Å². The van der Waals surface area contributed by atoms with Crippen LogP contribution in [0.2, 0.25) is 0 Å². The number of ether oxygens (including phenoxy) is 1. The third-order valence-corrected chi connectivity index (χ3v) is 1.41. The molecule has 5 nitrogen and oxygen atoms in total. The highest BCUT2D eigenvalue weighted by molar-refractivity contribution is 5.90. The fraction of sp³-hybridized carbons (Fsp3) is 0.444. The van der Waals surface area contributed by atoms with Crippen LogP contribution in [-0.4, -0.2) is 12.6 Å². The fourth-order valence-corrected chi connectivity index (χ4v) is 0.761. The number of diazo groups is 1. The van der Waals surface area contributed by atoms with Gasteiger partial charge in [-0.15, -0.1) is 6.58 Å². The number of hydrogen-bond acceptors (Lipinski definition) is 4. The molecule has 0 rings (SSSR count). The lowest BCUT2D eigenvalue weighted by molar-refractivity contribution is -0.307. The Labute approximate surface area is 82.3 Å². The van der Waals surface area contributed by atoms with Crippen molar-refractivity contribution in [3.8, 4) is 0 Å². The standard InChI is InChI=1S/C9H12N2O3/c1-3-5-6-7(12)8(11-10)9(13)14-4-2/h3H,1,4-6H2,2H3. The topological polar surface area (TPSA) is 77.5 Å². The normalized spacial score (nSPS) is 11.1. The summed E-state index contributed by atoms with van der Waals surface area (Å²) in [4.78, 5) is 13.6. The second-order valence-electron chi connectivity index (χ2n) is 2.42. The van der Waals surface area contributed by atoms with Crippen LogP contribution in [-0.2, 0) is 9.53 Å². The highest BCUT2D eigenvalue weighted by Crippen LogP contribution is 2.09. The van der Waals surface area contributed by atoms with E-state index in [9.17, 15) is 9.90 Å². The Balaban J connectivity index is 4.58. The Bertz CT molecular complexity index is 289. The molecule has 0 aliphatic carbocycles. The van der Waals surface area contributed by atoms with Gasteiger partial charge in [0, 0.05) is 0 Å². The van der Waals surface area contributed by atoms with Gasteiger partial charge >= 0.3 is 11.7 Å². The van der Waals surface area contributed by atoms with Crippen LogP contribution in [0.25, 0.3) is 4.98 Å². The molecule has 0 N–H and O–H groups in total. The summed E-state index contributed by atoms with van der Waals surface area (Å²) in [7, 11) is 0. The summed E-state index contributed by atoms with van der Waals surface area (Å²) in [6.45, 7) is 5.16. The lowest BCUT2D eigenvalue weighted by Crippen LogP contribution is -2.14. The molecule has 0 bridgehead atoms. The van der Waals surface area contributed by atoms with E-state index < -0.39 is 17.4 Å². The predicted molar refractivity (Wildman–Crippen MR) is 48.2 cm³/mol. The van der Waals surface area contributed by atoms with Gasteiger partial charge in [0.15, 0.2) is 4.98 Å². The van der Waals surface area contributed by atoms with Crippen molar-refractivity contribution in [2.24, 2.45) is 0 Å². The van der Waals surface area contributed by atoms with Gasteiger partial charge in [0.2, 0.25) is 5.39 Å². The van der Waals surface area contributed by atoms with Gasteiger partial charge in [-0.2, -0.15) is 0 Å². The van der Waals surface area contributed by atoms with Crippen molar-refractivity contribution in [2.45, 2.75) is 19.8 Å². The van der Waals surface area contributed by atoms with E-state index >= 15 is 0 Å². The molecule has 76 valence electrons. The first-order valence-electron chi connectivity index (χ1n) is 4.20. The summed E-state index contributed by atoms with van der Waals surface area (Å²) in [6.07, 6.45) is 2.05. The van der Waals surface area contributed by atoms with Crippen molar-refractivity contribution < 1.29 is 14.6 Å². The van der Waals surface area contributed by atoms with E-state index in [2.05, 4.69) is 16.3 Å². The maximum atomic E-state index is 11.2. The van der Waals surface area contributed by atoms with Crippen LogP contribution < -0.4 is 5.11 Å². The zero-order valence-electron chi connectivity index (χ0n) is 8.02. The molecular weight excluding hydrogens is 184 g/mol. The molecule has 0 atom stereocenters. The molecule has 5 heteroatoms. The summed E-state index contributed by atoms with van der Waals surface area (Å²) in [5, 5.41) is 19.6. The Morgan fingerprint density at radius 2 is 2.36 bits per heavy atom. The predicted octanol–water partition coefficient (Wildman–Crippen LogP) is 0.941. The highest BCUT2D eigenvalue weighted by atomic mass is 16.5. The van der Waals surface area contributed by atoms with Crippen LogP contribution in [0.5, 0.6) is 0 Å². The highest BCUT2D eigenvalue weighted by Gasteiger charge is 2.24. The number of allylic oxidation sites excluding steroid dienone is 2. The zero-order valence-corrected chi connectivity index (χ0v) is 8.02. The van der Waals surface area contributed by atoms with Gasteiger partial charge in [0.25, 0.3) is 0 Å². The van der Waals surface area contributed by atoms with E-state index in [0.29, 0.717) is 6.42 Å². The van der Waals surface area contributed by atoms with Crippen molar-refractivity contribution in [2.75, 3.05) is 6.61 Å². The summed E-state index contributed by atoms with van der Waals surface area (Å²) < 4.78 is 4.52. The Morgan fingerprint density at radius 1 is 1.71 bits per heavy atom. The molecule has 0 spiro atoms. The third-order valence-electron chi connectivity index (χ3n) is 1.41. The number of rotatable bonds is 5. The molecule has 0 fully saturated rings. The number of nitrogens with zero attached hydrogens (tertiary/aromatic N) is 2. The molecule has 0 aliphatic heterocycles. The monoisotopic (exact) mass is 196 g/mol. The maximum absolute atomic E-state index is 11.2. The minimum Gasteiger partial charge on any atom is -0.870 e. The first-order valence-corrected chi connectivity index (χ1v) is 4.20. The molecule has 0 saturated carbocycles. The fourth-order valence-electron chi connectivity index (χ4n) is 0.761. The van der Waals surface area contributed by atoms with Crippen LogP contribution in [0.4, 0.5) is 0 Å². The Morgan fingerprint density at radius 3 is 2.79 bits per heavy atom. The van der Waals surface area contributed by atoms with E-state index in [4.69, 9.17) is 5.39 Å². The van der Waals surface area contributed by atoms with Gasteiger partial charge in [0.05, 0.1) is 6.61 Å². The minimum atomic E-state index is -0.899. The largest absolute Gasteiger partial charge is 0.870 e. The molecule has 0 aliphatic rings. The lowest BCUT2D eigenvalue weighted by atomic mass is 10.2. The van der Waals surface area contributed by atoms with Crippen LogP contribution in [0.1, 0.15) is 19.8 Å². The van der Waals surface area contributed by atoms with Gasteiger partial charge in [-0.3, -0.25) is 0 Å². The van der Waals surface area contributed by atoms with Gasteiger partial charge in [-0.1, -0.05) is 6.08 Å². The van der Waals surface area contributed by atoms with E-state index in [1.807, 2.05) is 0 Å². The smallest absolute Gasteiger partial charge is 0.457 e. The molecule has 0 aromatic rings. The SMILES string of the molecule is C=CCCC([O-])=C([N+]#N)C(=O)OCC. The van der Waals surface area contributed by atoms with Crippen molar-refractivity contribution in [1.82, 2.24) is 0 Å². The van der Waals surface area contributed by atoms with Gasteiger partial charge in [-0.25, -0.2) is 4.79 Å². The van der Waals surface area contributed by atoms with Crippen molar-refractivity contribution >= 4 is 5.97 Å². The first kappa shape index (κ1) is 12.2.